The lowest BCUT2D eigenvalue weighted by Crippen LogP contribution is -2.56. The van der Waals surface area contributed by atoms with E-state index in [1.165, 1.54) is 0 Å². The second-order valence-corrected chi connectivity index (χ2v) is 10.3. The van der Waals surface area contributed by atoms with Crippen LogP contribution in [0.1, 0.15) is 52.1 Å². The maximum atomic E-state index is 13.8. The zero-order valence-corrected chi connectivity index (χ0v) is 22.6. The number of hydrogen-bond donors (Lipinski definition) is 4. The number of carbonyl (C=O) groups is 3. The van der Waals surface area contributed by atoms with Crippen LogP contribution in [-0.4, -0.2) is 44.5 Å². The minimum Gasteiger partial charge on any atom is -0.480 e. The van der Waals surface area contributed by atoms with Crippen LogP contribution in [0.15, 0.2) is 64.2 Å². The number of benzene rings is 2. The number of aromatic amines is 1. The molecule has 2 aromatic carbocycles. The van der Waals surface area contributed by atoms with E-state index in [4.69, 9.17) is 0 Å². The van der Waals surface area contributed by atoms with Crippen LogP contribution in [0.5, 0.6) is 0 Å². The molecule has 1 heterocycles. The standard InChI is InChI=1S/C29H36N4O6/c1-5-18(4)24(26(35)30-22(28(37)38)15-17(2)3)32-25(34)23(16-19-11-7-6-8-12-19)33-27(36)20-13-9-10-14-21(20)31-29(33)39/h6-14,17-18,22-24H,5,15-16H2,1-4H3,(H,30,35)(H,31,39)(H,32,34)(H,37,38)/t18?,22-,23-,24-/m0/s1. The predicted molar refractivity (Wildman–Crippen MR) is 148 cm³/mol. The van der Waals surface area contributed by atoms with Crippen molar-refractivity contribution >= 4 is 28.7 Å². The predicted octanol–water partition coefficient (Wildman–Crippen LogP) is 2.62. The van der Waals surface area contributed by atoms with E-state index < -0.39 is 47.2 Å². The lowest BCUT2D eigenvalue weighted by Gasteiger charge is -2.28. The molecule has 10 heteroatoms. The summed E-state index contributed by atoms with van der Waals surface area (Å²) in [5.74, 6) is -2.83. The summed E-state index contributed by atoms with van der Waals surface area (Å²) in [6.07, 6.45) is 0.759. The summed E-state index contributed by atoms with van der Waals surface area (Å²) < 4.78 is 0.884. The molecule has 10 nitrogen and oxygen atoms in total. The molecule has 4 atom stereocenters. The van der Waals surface area contributed by atoms with E-state index >= 15 is 0 Å². The fourth-order valence-corrected chi connectivity index (χ4v) is 4.50. The number of carboxylic acid groups (broad SMARTS) is 1. The van der Waals surface area contributed by atoms with Crippen molar-refractivity contribution in [3.8, 4) is 0 Å². The number of amides is 2. The number of nitrogens with zero attached hydrogens (tertiary/aromatic N) is 1. The van der Waals surface area contributed by atoms with Gasteiger partial charge >= 0.3 is 11.7 Å². The SMILES string of the molecule is CCC(C)[C@H](NC(=O)[C@H](Cc1ccccc1)n1c(=O)[nH]c2ccccc2c1=O)C(=O)N[C@@H](CC(C)C)C(=O)O. The number of rotatable bonds is 12. The van der Waals surface area contributed by atoms with E-state index in [1.807, 2.05) is 26.8 Å². The van der Waals surface area contributed by atoms with Gasteiger partial charge in [0.15, 0.2) is 0 Å². The fourth-order valence-electron chi connectivity index (χ4n) is 4.50. The lowest BCUT2D eigenvalue weighted by molar-refractivity contribution is -0.143. The van der Waals surface area contributed by atoms with E-state index in [2.05, 4.69) is 15.6 Å². The maximum Gasteiger partial charge on any atom is 0.329 e. The number of carbonyl (C=O) groups excluding carboxylic acids is 2. The molecule has 3 aromatic rings. The molecular formula is C29H36N4O6. The summed E-state index contributed by atoms with van der Waals surface area (Å²) in [5, 5.41) is 15.1. The Labute approximate surface area is 226 Å². The number of H-pyrrole nitrogens is 1. The van der Waals surface area contributed by atoms with Gasteiger partial charge in [0, 0.05) is 6.42 Å². The second kappa shape index (κ2) is 13.0. The molecule has 0 aliphatic rings. The highest BCUT2D eigenvalue weighted by molar-refractivity contribution is 5.91. The molecule has 39 heavy (non-hydrogen) atoms. The van der Waals surface area contributed by atoms with Gasteiger partial charge < -0.3 is 20.7 Å². The first kappa shape index (κ1) is 29.3. The molecule has 0 bridgehead atoms. The molecule has 0 fully saturated rings. The molecule has 1 aromatic heterocycles. The van der Waals surface area contributed by atoms with Gasteiger partial charge in [0.25, 0.3) is 5.56 Å². The van der Waals surface area contributed by atoms with E-state index in [0.29, 0.717) is 17.5 Å². The quantitative estimate of drug-likeness (QED) is 0.279. The van der Waals surface area contributed by atoms with E-state index in [9.17, 15) is 29.1 Å². The Morgan fingerprint density at radius 3 is 2.18 bits per heavy atom. The largest absolute Gasteiger partial charge is 0.480 e. The monoisotopic (exact) mass is 536 g/mol. The molecule has 0 aliphatic carbocycles. The molecule has 0 spiro atoms. The van der Waals surface area contributed by atoms with Gasteiger partial charge in [0.05, 0.1) is 10.9 Å². The first-order valence-electron chi connectivity index (χ1n) is 13.1. The summed E-state index contributed by atoms with van der Waals surface area (Å²) in [4.78, 5) is 68.0. The Balaban J connectivity index is 2.02. The molecule has 4 N–H and O–H groups in total. The molecule has 0 saturated carbocycles. The fraction of sp³-hybridized carbons (Fsp3) is 0.414. The smallest absolute Gasteiger partial charge is 0.329 e. The molecule has 0 radical (unpaired) electrons. The van der Waals surface area contributed by atoms with Crippen molar-refractivity contribution < 1.29 is 19.5 Å². The summed E-state index contributed by atoms with van der Waals surface area (Å²) in [6.45, 7) is 7.32. The highest BCUT2D eigenvalue weighted by Crippen LogP contribution is 2.16. The van der Waals surface area contributed by atoms with Crippen LogP contribution in [0.3, 0.4) is 0 Å². The number of aliphatic carboxylic acids is 1. The van der Waals surface area contributed by atoms with Crippen LogP contribution in [0.4, 0.5) is 0 Å². The Bertz CT molecular complexity index is 1430. The number of nitrogens with one attached hydrogen (secondary N) is 3. The second-order valence-electron chi connectivity index (χ2n) is 10.3. The van der Waals surface area contributed by atoms with Gasteiger partial charge in [-0.3, -0.25) is 14.4 Å². The zero-order valence-electron chi connectivity index (χ0n) is 22.6. The molecule has 1 unspecified atom stereocenters. The normalized spacial score (nSPS) is 14.4. The van der Waals surface area contributed by atoms with Crippen LogP contribution in [-0.2, 0) is 20.8 Å². The van der Waals surface area contributed by atoms with Crippen molar-refractivity contribution in [1.82, 2.24) is 20.2 Å². The molecule has 2 amide bonds. The lowest BCUT2D eigenvalue weighted by atomic mass is 9.96. The molecular weight excluding hydrogens is 500 g/mol. The molecule has 0 saturated heterocycles. The molecule has 208 valence electrons. The minimum atomic E-state index is -1.27. The van der Waals surface area contributed by atoms with Crippen molar-refractivity contribution in [2.75, 3.05) is 0 Å². The summed E-state index contributed by atoms with van der Waals surface area (Å²) in [7, 11) is 0. The van der Waals surface area contributed by atoms with E-state index in [-0.39, 0.29) is 30.1 Å². The van der Waals surface area contributed by atoms with Gasteiger partial charge in [-0.05, 0) is 36.0 Å². The Morgan fingerprint density at radius 2 is 1.56 bits per heavy atom. The van der Waals surface area contributed by atoms with Crippen LogP contribution in [0.2, 0.25) is 0 Å². The van der Waals surface area contributed by atoms with Gasteiger partial charge in [-0.15, -0.1) is 0 Å². The van der Waals surface area contributed by atoms with E-state index in [0.717, 1.165) is 4.57 Å². The van der Waals surface area contributed by atoms with Crippen molar-refractivity contribution in [3.05, 3.63) is 81.0 Å². The van der Waals surface area contributed by atoms with Gasteiger partial charge in [-0.2, -0.15) is 0 Å². The highest BCUT2D eigenvalue weighted by Gasteiger charge is 2.33. The van der Waals surface area contributed by atoms with Crippen molar-refractivity contribution in [3.63, 3.8) is 0 Å². The third kappa shape index (κ3) is 7.22. The van der Waals surface area contributed by atoms with Gasteiger partial charge in [0.1, 0.15) is 18.1 Å². The highest BCUT2D eigenvalue weighted by atomic mass is 16.4. The van der Waals surface area contributed by atoms with Gasteiger partial charge in [-0.25, -0.2) is 14.2 Å². The Hall–Kier alpha value is -4.21. The maximum absolute atomic E-state index is 13.8. The Kier molecular flexibility index (Phi) is 9.81. The topological polar surface area (TPSA) is 150 Å². The van der Waals surface area contributed by atoms with Crippen molar-refractivity contribution in [2.45, 2.75) is 65.1 Å². The summed E-state index contributed by atoms with van der Waals surface area (Å²) in [6, 6.07) is 12.0. The van der Waals surface area contributed by atoms with E-state index in [1.54, 1.807) is 55.5 Å². The molecule has 3 rings (SSSR count). The average Bonchev–Trinajstić information content (AvgIpc) is 2.90. The average molecular weight is 537 g/mol. The number of aromatic nitrogens is 2. The first-order chi connectivity index (χ1) is 18.5. The first-order valence-corrected chi connectivity index (χ1v) is 13.1. The zero-order chi connectivity index (χ0) is 28.7. The van der Waals surface area contributed by atoms with Crippen LogP contribution < -0.4 is 21.9 Å². The number of fused-ring (bicyclic) bond motifs is 1. The Morgan fingerprint density at radius 1 is 0.923 bits per heavy atom. The number of para-hydroxylation sites is 1. The van der Waals surface area contributed by atoms with Gasteiger partial charge in [-0.1, -0.05) is 76.6 Å². The van der Waals surface area contributed by atoms with Crippen molar-refractivity contribution in [2.24, 2.45) is 11.8 Å². The number of carboxylic acids is 1. The minimum absolute atomic E-state index is 0.0183. The number of hydrogen-bond acceptors (Lipinski definition) is 5. The van der Waals surface area contributed by atoms with Crippen LogP contribution in [0.25, 0.3) is 10.9 Å². The summed E-state index contributed by atoms with van der Waals surface area (Å²) >= 11 is 0. The van der Waals surface area contributed by atoms with Gasteiger partial charge in [0.2, 0.25) is 11.8 Å². The van der Waals surface area contributed by atoms with Crippen LogP contribution in [0, 0.1) is 11.8 Å². The third-order valence-electron chi connectivity index (χ3n) is 6.84. The van der Waals surface area contributed by atoms with Crippen molar-refractivity contribution in [1.29, 1.82) is 0 Å². The third-order valence-corrected chi connectivity index (χ3v) is 6.84. The van der Waals surface area contributed by atoms with Crippen LogP contribution >= 0.6 is 0 Å². The summed E-state index contributed by atoms with van der Waals surface area (Å²) in [5.41, 5.74) is -0.311. The molecule has 0 aliphatic heterocycles.